The summed E-state index contributed by atoms with van der Waals surface area (Å²) in [5.41, 5.74) is 7.65. The molecule has 0 aliphatic heterocycles. The summed E-state index contributed by atoms with van der Waals surface area (Å²) in [6.45, 7) is 3.83. The predicted molar refractivity (Wildman–Crippen MR) is 80.1 cm³/mol. The molecule has 5 nitrogen and oxygen atoms in total. The van der Waals surface area contributed by atoms with Crippen molar-refractivity contribution in [2.45, 2.75) is 19.9 Å². The number of thiazole rings is 1. The lowest BCUT2D eigenvalue weighted by Crippen LogP contribution is -2.27. The van der Waals surface area contributed by atoms with Gasteiger partial charge < -0.3 is 15.8 Å². The Bertz CT molecular complexity index is 625. The maximum absolute atomic E-state index is 12.2. The number of aryl methyl sites for hydroxylation is 1. The molecule has 0 fully saturated rings. The fraction of sp³-hybridized carbons (Fsp3) is 0.286. The van der Waals surface area contributed by atoms with Crippen LogP contribution >= 0.6 is 11.3 Å². The standard InChI is InChI=1S/C14H17N3O2S/c1-8-7-20-14(16-8)9(2)17-13(18)11-5-4-10(19-3)6-12(11)15/h4-7,9H,15H2,1-3H3,(H,17,18). The first-order valence-electron chi connectivity index (χ1n) is 6.17. The quantitative estimate of drug-likeness (QED) is 0.849. The molecule has 0 spiro atoms. The maximum atomic E-state index is 12.2. The molecule has 1 unspecified atom stereocenters. The summed E-state index contributed by atoms with van der Waals surface area (Å²) >= 11 is 1.53. The van der Waals surface area contributed by atoms with Crippen LogP contribution in [0.5, 0.6) is 5.75 Å². The molecular weight excluding hydrogens is 274 g/mol. The number of ether oxygens (including phenoxy) is 1. The number of anilines is 1. The number of nitrogens with one attached hydrogen (secondary N) is 1. The van der Waals surface area contributed by atoms with E-state index in [-0.39, 0.29) is 11.9 Å². The lowest BCUT2D eigenvalue weighted by atomic mass is 10.1. The Labute approximate surface area is 121 Å². The zero-order valence-corrected chi connectivity index (χ0v) is 12.5. The van der Waals surface area contributed by atoms with Crippen LogP contribution in [0.3, 0.4) is 0 Å². The zero-order valence-electron chi connectivity index (χ0n) is 11.6. The van der Waals surface area contributed by atoms with Crippen LogP contribution in [-0.4, -0.2) is 18.0 Å². The number of nitrogens with two attached hydrogens (primary N) is 1. The van der Waals surface area contributed by atoms with Crippen LogP contribution < -0.4 is 15.8 Å². The second kappa shape index (κ2) is 5.92. The molecule has 1 heterocycles. The van der Waals surface area contributed by atoms with Gasteiger partial charge in [-0.2, -0.15) is 0 Å². The Morgan fingerprint density at radius 3 is 2.80 bits per heavy atom. The van der Waals surface area contributed by atoms with E-state index < -0.39 is 0 Å². The summed E-state index contributed by atoms with van der Waals surface area (Å²) in [6.07, 6.45) is 0. The van der Waals surface area contributed by atoms with Gasteiger partial charge in [0.15, 0.2) is 0 Å². The van der Waals surface area contributed by atoms with Gasteiger partial charge >= 0.3 is 0 Å². The molecule has 0 saturated carbocycles. The Morgan fingerprint density at radius 2 is 2.25 bits per heavy atom. The predicted octanol–water partition coefficient (Wildman–Crippen LogP) is 2.53. The number of hydrogen-bond acceptors (Lipinski definition) is 5. The average molecular weight is 291 g/mol. The van der Waals surface area contributed by atoms with Crippen molar-refractivity contribution in [3.8, 4) is 5.75 Å². The van der Waals surface area contributed by atoms with Crippen molar-refractivity contribution in [2.24, 2.45) is 0 Å². The van der Waals surface area contributed by atoms with Gasteiger partial charge in [0.05, 0.1) is 18.7 Å². The van der Waals surface area contributed by atoms with Gasteiger partial charge in [-0.25, -0.2) is 4.98 Å². The molecule has 0 saturated heterocycles. The molecule has 20 heavy (non-hydrogen) atoms. The summed E-state index contributed by atoms with van der Waals surface area (Å²) in [7, 11) is 1.56. The van der Waals surface area contributed by atoms with Gasteiger partial charge in [-0.05, 0) is 26.0 Å². The highest BCUT2D eigenvalue weighted by Gasteiger charge is 2.16. The highest BCUT2D eigenvalue weighted by Crippen LogP contribution is 2.22. The summed E-state index contributed by atoms with van der Waals surface area (Å²) in [4.78, 5) is 16.6. The molecule has 1 aromatic heterocycles. The molecule has 2 aromatic rings. The van der Waals surface area contributed by atoms with E-state index in [1.54, 1.807) is 25.3 Å². The first kappa shape index (κ1) is 14.3. The third kappa shape index (κ3) is 3.08. The van der Waals surface area contributed by atoms with E-state index in [9.17, 15) is 4.79 Å². The van der Waals surface area contributed by atoms with Crippen LogP contribution in [0.2, 0.25) is 0 Å². The van der Waals surface area contributed by atoms with Gasteiger partial charge in [0.25, 0.3) is 5.91 Å². The third-order valence-corrected chi connectivity index (χ3v) is 4.00. The molecule has 0 radical (unpaired) electrons. The molecule has 1 amide bonds. The van der Waals surface area contributed by atoms with Crippen molar-refractivity contribution < 1.29 is 9.53 Å². The summed E-state index contributed by atoms with van der Waals surface area (Å²) < 4.78 is 5.06. The average Bonchev–Trinajstić information content (AvgIpc) is 2.85. The molecule has 1 aromatic carbocycles. The highest BCUT2D eigenvalue weighted by atomic mass is 32.1. The van der Waals surface area contributed by atoms with Crippen molar-refractivity contribution in [1.29, 1.82) is 0 Å². The van der Waals surface area contributed by atoms with E-state index in [1.165, 1.54) is 11.3 Å². The zero-order chi connectivity index (χ0) is 14.7. The maximum Gasteiger partial charge on any atom is 0.253 e. The summed E-state index contributed by atoms with van der Waals surface area (Å²) in [5.74, 6) is 0.410. The molecule has 1 atom stereocenters. The third-order valence-electron chi connectivity index (χ3n) is 2.86. The lowest BCUT2D eigenvalue weighted by Gasteiger charge is -2.13. The number of nitrogens with zero attached hydrogens (tertiary/aromatic N) is 1. The van der Waals surface area contributed by atoms with Crippen molar-refractivity contribution in [1.82, 2.24) is 10.3 Å². The first-order valence-corrected chi connectivity index (χ1v) is 7.05. The van der Waals surface area contributed by atoms with Gasteiger partial charge in [0, 0.05) is 22.8 Å². The van der Waals surface area contributed by atoms with Gasteiger partial charge in [-0.3, -0.25) is 4.79 Å². The number of carbonyl (C=O) groups is 1. The second-order valence-corrected chi connectivity index (χ2v) is 5.37. The van der Waals surface area contributed by atoms with Gasteiger partial charge in [-0.1, -0.05) is 0 Å². The number of amides is 1. The molecule has 0 bridgehead atoms. The SMILES string of the molecule is COc1ccc(C(=O)NC(C)c2nc(C)cs2)c(N)c1. The topological polar surface area (TPSA) is 77.2 Å². The van der Waals surface area contributed by atoms with E-state index in [0.29, 0.717) is 17.0 Å². The number of rotatable bonds is 4. The number of hydrogen-bond donors (Lipinski definition) is 2. The monoisotopic (exact) mass is 291 g/mol. The smallest absolute Gasteiger partial charge is 0.253 e. The van der Waals surface area contributed by atoms with E-state index in [4.69, 9.17) is 10.5 Å². The summed E-state index contributed by atoms with van der Waals surface area (Å²) in [6, 6.07) is 4.85. The number of benzene rings is 1. The van der Waals surface area contributed by atoms with Crippen LogP contribution in [0.1, 0.15) is 34.0 Å². The molecule has 0 aliphatic carbocycles. The van der Waals surface area contributed by atoms with Crippen LogP contribution in [0.15, 0.2) is 23.6 Å². The highest BCUT2D eigenvalue weighted by molar-refractivity contribution is 7.09. The molecule has 106 valence electrons. The molecule has 3 N–H and O–H groups in total. The van der Waals surface area contributed by atoms with Crippen molar-refractivity contribution in [3.63, 3.8) is 0 Å². The Kier molecular flexibility index (Phi) is 4.24. The van der Waals surface area contributed by atoms with E-state index >= 15 is 0 Å². The first-order chi connectivity index (χ1) is 9.51. The fourth-order valence-corrected chi connectivity index (χ4v) is 2.59. The minimum atomic E-state index is -0.217. The largest absolute Gasteiger partial charge is 0.497 e. The molecule has 6 heteroatoms. The van der Waals surface area contributed by atoms with Crippen LogP contribution in [0, 0.1) is 6.92 Å². The Balaban J connectivity index is 2.12. The van der Waals surface area contributed by atoms with Gasteiger partial charge in [0.2, 0.25) is 0 Å². The molecule has 0 aliphatic rings. The van der Waals surface area contributed by atoms with Gasteiger partial charge in [-0.15, -0.1) is 11.3 Å². The van der Waals surface area contributed by atoms with Crippen molar-refractivity contribution >= 4 is 22.9 Å². The van der Waals surface area contributed by atoms with Crippen molar-refractivity contribution in [2.75, 3.05) is 12.8 Å². The Hall–Kier alpha value is -2.08. The normalized spacial score (nSPS) is 11.9. The minimum absolute atomic E-state index is 0.150. The number of nitrogen functional groups attached to an aromatic ring is 1. The second-order valence-electron chi connectivity index (χ2n) is 4.48. The van der Waals surface area contributed by atoms with E-state index in [1.807, 2.05) is 19.2 Å². The van der Waals surface area contributed by atoms with E-state index in [2.05, 4.69) is 10.3 Å². The fourth-order valence-electron chi connectivity index (χ4n) is 1.78. The number of methoxy groups -OCH3 is 1. The van der Waals surface area contributed by atoms with Crippen LogP contribution in [0.25, 0.3) is 0 Å². The number of aromatic nitrogens is 1. The molecular formula is C14H17N3O2S. The minimum Gasteiger partial charge on any atom is -0.497 e. The van der Waals surface area contributed by atoms with Crippen LogP contribution in [-0.2, 0) is 0 Å². The van der Waals surface area contributed by atoms with Crippen LogP contribution in [0.4, 0.5) is 5.69 Å². The number of carbonyl (C=O) groups excluding carboxylic acids is 1. The van der Waals surface area contributed by atoms with Crippen molar-refractivity contribution in [3.05, 3.63) is 39.8 Å². The molecule has 2 rings (SSSR count). The van der Waals surface area contributed by atoms with Gasteiger partial charge in [0.1, 0.15) is 10.8 Å². The lowest BCUT2D eigenvalue weighted by molar-refractivity contribution is 0.0940. The van der Waals surface area contributed by atoms with E-state index in [0.717, 1.165) is 10.7 Å². The Morgan fingerprint density at radius 1 is 1.50 bits per heavy atom. The summed E-state index contributed by atoms with van der Waals surface area (Å²) in [5, 5.41) is 5.73.